The number of halogens is 5. The van der Waals surface area contributed by atoms with Crippen LogP contribution in [0.1, 0.15) is 11.4 Å². The average Bonchev–Trinajstić information content (AvgIpc) is 2.55. The molecule has 2 aromatic heterocycles. The van der Waals surface area contributed by atoms with Crippen LogP contribution in [-0.4, -0.2) is 14.8 Å². The van der Waals surface area contributed by atoms with E-state index in [2.05, 4.69) is 26.0 Å². The van der Waals surface area contributed by atoms with Gasteiger partial charge in [0, 0.05) is 0 Å². The zero-order valence-corrected chi connectivity index (χ0v) is 10.8. The largest absolute Gasteiger partial charge is 0.254 e. The lowest BCUT2D eigenvalue weighted by Crippen LogP contribution is -2.11. The topological polar surface area (TPSA) is 30.7 Å². The van der Waals surface area contributed by atoms with Crippen LogP contribution in [0.3, 0.4) is 0 Å². The minimum Gasteiger partial charge on any atom is -0.230 e. The number of hydrogen-bond acceptors (Lipinski definition) is 2. The molecule has 0 aliphatic rings. The van der Waals surface area contributed by atoms with Gasteiger partial charge in [0.15, 0.2) is 0 Å². The number of hydrogen-bond donors (Lipinski definition) is 0. The highest BCUT2D eigenvalue weighted by Gasteiger charge is 2.25. The minimum atomic E-state index is -1.72. The van der Waals surface area contributed by atoms with E-state index in [1.165, 1.54) is 6.92 Å². The van der Waals surface area contributed by atoms with Gasteiger partial charge in [-0.25, -0.2) is 4.68 Å². The molecule has 0 aliphatic carbocycles. The van der Waals surface area contributed by atoms with Crippen LogP contribution in [-0.2, 0) is 0 Å². The van der Waals surface area contributed by atoms with Crippen LogP contribution in [0.4, 0.5) is 17.6 Å². The van der Waals surface area contributed by atoms with E-state index in [4.69, 9.17) is 0 Å². The molecule has 8 heteroatoms. The Labute approximate surface area is 108 Å². The Morgan fingerprint density at radius 2 is 1.50 bits per heavy atom. The molecule has 0 N–H and O–H groups in total. The Kier molecular flexibility index (Phi) is 3.14. The number of pyridine rings is 1. The summed E-state index contributed by atoms with van der Waals surface area (Å²) >= 11 is 3.15. The van der Waals surface area contributed by atoms with Gasteiger partial charge in [-0.2, -0.15) is 27.6 Å². The van der Waals surface area contributed by atoms with Gasteiger partial charge in [-0.15, -0.1) is 0 Å². The maximum Gasteiger partial charge on any atom is 0.254 e. The Morgan fingerprint density at radius 3 is 1.89 bits per heavy atom. The molecule has 2 heterocycles. The van der Waals surface area contributed by atoms with E-state index in [9.17, 15) is 17.6 Å². The molecule has 0 atom stereocenters. The van der Waals surface area contributed by atoms with Gasteiger partial charge in [-0.1, -0.05) is 0 Å². The quantitative estimate of drug-likeness (QED) is 0.596. The van der Waals surface area contributed by atoms with E-state index in [-0.39, 0.29) is 0 Å². The second-order valence-electron chi connectivity index (χ2n) is 3.57. The average molecular weight is 324 g/mol. The summed E-state index contributed by atoms with van der Waals surface area (Å²) in [5, 5.41) is 3.81. The van der Waals surface area contributed by atoms with E-state index in [0.29, 0.717) is 15.9 Å². The van der Waals surface area contributed by atoms with E-state index >= 15 is 0 Å². The van der Waals surface area contributed by atoms with Crippen molar-refractivity contribution in [2.45, 2.75) is 13.8 Å². The summed E-state index contributed by atoms with van der Waals surface area (Å²) in [5.41, 5.74) is -0.175. The molecule has 0 amide bonds. The van der Waals surface area contributed by atoms with Gasteiger partial charge >= 0.3 is 0 Å². The first-order chi connectivity index (χ1) is 8.34. The first-order valence-electron chi connectivity index (χ1n) is 4.76. The zero-order chi connectivity index (χ0) is 13.6. The molecule has 0 fully saturated rings. The summed E-state index contributed by atoms with van der Waals surface area (Å²) in [4.78, 5) is 2.48. The molecule has 96 valence electrons. The van der Waals surface area contributed by atoms with Crippen molar-refractivity contribution in [2.75, 3.05) is 0 Å². The Bertz CT molecular complexity index is 613. The summed E-state index contributed by atoms with van der Waals surface area (Å²) in [5.74, 6) is -6.61. The lowest BCUT2D eigenvalue weighted by atomic mass is 10.3. The molecule has 0 saturated carbocycles. The van der Waals surface area contributed by atoms with Crippen molar-refractivity contribution in [1.82, 2.24) is 14.8 Å². The highest BCUT2D eigenvalue weighted by Crippen LogP contribution is 2.27. The third-order valence-electron chi connectivity index (χ3n) is 2.39. The van der Waals surface area contributed by atoms with Crippen LogP contribution >= 0.6 is 15.9 Å². The van der Waals surface area contributed by atoms with Crippen molar-refractivity contribution < 1.29 is 17.6 Å². The number of aromatic nitrogens is 3. The van der Waals surface area contributed by atoms with Crippen LogP contribution in [0.15, 0.2) is 4.47 Å². The smallest absolute Gasteiger partial charge is 0.230 e. The summed E-state index contributed by atoms with van der Waals surface area (Å²) in [7, 11) is 0. The van der Waals surface area contributed by atoms with Gasteiger partial charge in [0.25, 0.3) is 11.9 Å². The van der Waals surface area contributed by atoms with Crippen LogP contribution in [0.25, 0.3) is 5.69 Å². The van der Waals surface area contributed by atoms with Crippen LogP contribution < -0.4 is 0 Å². The van der Waals surface area contributed by atoms with Gasteiger partial charge in [0.2, 0.25) is 11.6 Å². The van der Waals surface area contributed by atoms with Crippen molar-refractivity contribution >= 4 is 15.9 Å². The normalized spacial score (nSPS) is 11.1. The maximum absolute atomic E-state index is 13.5. The standard InChI is InChI=1S/C10H6BrF4N3/c1-3-5(11)4(2)18(17-3)8-6(12)9(14)16-10(15)7(8)13/h1-2H3. The highest BCUT2D eigenvalue weighted by molar-refractivity contribution is 9.10. The van der Waals surface area contributed by atoms with Crippen molar-refractivity contribution in [2.24, 2.45) is 0 Å². The monoisotopic (exact) mass is 323 g/mol. The second kappa shape index (κ2) is 4.34. The predicted molar refractivity (Wildman–Crippen MR) is 58.4 cm³/mol. The van der Waals surface area contributed by atoms with E-state index < -0.39 is 29.2 Å². The molecule has 3 nitrogen and oxygen atoms in total. The fourth-order valence-electron chi connectivity index (χ4n) is 1.50. The van der Waals surface area contributed by atoms with Crippen molar-refractivity contribution in [3.63, 3.8) is 0 Å². The Hall–Kier alpha value is -1.44. The number of rotatable bonds is 1. The molecule has 0 unspecified atom stereocenters. The number of aryl methyl sites for hydroxylation is 1. The Balaban J connectivity index is 2.82. The molecule has 0 aliphatic heterocycles. The van der Waals surface area contributed by atoms with Crippen LogP contribution in [0.2, 0.25) is 0 Å². The van der Waals surface area contributed by atoms with Gasteiger partial charge < -0.3 is 0 Å². The summed E-state index contributed by atoms with van der Waals surface area (Å²) < 4.78 is 54.3. The summed E-state index contributed by atoms with van der Waals surface area (Å²) in [6.07, 6.45) is 0. The molecule has 0 aromatic carbocycles. The Morgan fingerprint density at radius 1 is 1.00 bits per heavy atom. The predicted octanol–water partition coefficient (Wildman–Crippen LogP) is 3.20. The van der Waals surface area contributed by atoms with Gasteiger partial charge in [-0.05, 0) is 29.8 Å². The van der Waals surface area contributed by atoms with Crippen molar-refractivity contribution in [3.8, 4) is 5.69 Å². The minimum absolute atomic E-state index is 0.315. The van der Waals surface area contributed by atoms with Crippen molar-refractivity contribution in [1.29, 1.82) is 0 Å². The lowest BCUT2D eigenvalue weighted by molar-refractivity contribution is 0.399. The molecule has 18 heavy (non-hydrogen) atoms. The third-order valence-corrected chi connectivity index (χ3v) is 3.54. The van der Waals surface area contributed by atoms with E-state index in [1.807, 2.05) is 0 Å². The maximum atomic E-state index is 13.5. The first-order valence-corrected chi connectivity index (χ1v) is 5.56. The van der Waals surface area contributed by atoms with Crippen molar-refractivity contribution in [3.05, 3.63) is 39.4 Å². The molecular formula is C10H6BrF4N3. The van der Waals surface area contributed by atoms with Gasteiger partial charge in [-0.3, -0.25) is 0 Å². The highest BCUT2D eigenvalue weighted by atomic mass is 79.9. The first kappa shape index (κ1) is 13.0. The molecule has 0 spiro atoms. The molecule has 0 radical (unpaired) electrons. The van der Waals surface area contributed by atoms with Gasteiger partial charge in [0.05, 0.1) is 15.9 Å². The van der Waals surface area contributed by atoms with Gasteiger partial charge in [0.1, 0.15) is 5.69 Å². The molecule has 0 bridgehead atoms. The molecule has 2 rings (SSSR count). The van der Waals surface area contributed by atoms with E-state index in [1.54, 1.807) is 6.92 Å². The third kappa shape index (κ3) is 1.80. The zero-order valence-electron chi connectivity index (χ0n) is 9.23. The van der Waals surface area contributed by atoms with E-state index in [0.717, 1.165) is 4.68 Å². The molecule has 0 saturated heterocycles. The summed E-state index contributed by atoms with van der Waals surface area (Å²) in [6.45, 7) is 3.08. The SMILES string of the molecule is Cc1nn(-c2c(F)c(F)nc(F)c2F)c(C)c1Br. The molecule has 2 aromatic rings. The molecular weight excluding hydrogens is 318 g/mol. The lowest BCUT2D eigenvalue weighted by Gasteiger charge is -2.07. The number of nitrogens with zero attached hydrogens (tertiary/aromatic N) is 3. The van der Waals surface area contributed by atoms with Crippen LogP contribution in [0, 0.1) is 37.4 Å². The summed E-state index contributed by atoms with van der Waals surface area (Å²) in [6, 6.07) is 0. The fraction of sp³-hybridized carbons (Fsp3) is 0.200. The second-order valence-corrected chi connectivity index (χ2v) is 4.36. The fourth-order valence-corrected chi connectivity index (χ4v) is 1.75. The van der Waals surface area contributed by atoms with Crippen LogP contribution in [0.5, 0.6) is 0 Å².